The van der Waals surface area contributed by atoms with Gasteiger partial charge in [-0.15, -0.1) is 0 Å². The zero-order valence-electron chi connectivity index (χ0n) is 9.31. The van der Waals surface area contributed by atoms with Crippen molar-refractivity contribution in [2.24, 2.45) is 5.73 Å². The van der Waals surface area contributed by atoms with Crippen molar-refractivity contribution in [1.82, 2.24) is 4.98 Å². The van der Waals surface area contributed by atoms with Gasteiger partial charge in [-0.05, 0) is 31.0 Å². The van der Waals surface area contributed by atoms with E-state index in [0.717, 1.165) is 11.6 Å². The summed E-state index contributed by atoms with van der Waals surface area (Å²) in [5.74, 6) is 0. The standard InChI is InChI=1S/C12H13F3N2/c1-7(16)5-8-3-2-4-10-9(8)6-11(17-10)12(13,14)15/h2-4,6-7,17H,5,16H2,1H3. The van der Waals surface area contributed by atoms with Crippen LogP contribution < -0.4 is 5.73 Å². The van der Waals surface area contributed by atoms with Gasteiger partial charge in [0.25, 0.3) is 0 Å². The molecule has 2 aromatic rings. The van der Waals surface area contributed by atoms with Gasteiger partial charge in [-0.2, -0.15) is 13.2 Å². The summed E-state index contributed by atoms with van der Waals surface area (Å²) in [6.45, 7) is 1.83. The average Bonchev–Trinajstić information content (AvgIpc) is 2.60. The van der Waals surface area contributed by atoms with Crippen molar-refractivity contribution >= 4 is 10.9 Å². The number of alkyl halides is 3. The van der Waals surface area contributed by atoms with Crippen LogP contribution in [0.4, 0.5) is 13.2 Å². The van der Waals surface area contributed by atoms with E-state index in [1.807, 2.05) is 6.92 Å². The zero-order chi connectivity index (χ0) is 12.6. The maximum absolute atomic E-state index is 12.6. The Morgan fingerprint density at radius 2 is 2.06 bits per heavy atom. The number of aromatic nitrogens is 1. The Morgan fingerprint density at radius 3 is 2.65 bits per heavy atom. The smallest absolute Gasteiger partial charge is 0.351 e. The van der Waals surface area contributed by atoms with Gasteiger partial charge in [0.05, 0.1) is 0 Å². The molecule has 0 amide bonds. The van der Waals surface area contributed by atoms with Crippen molar-refractivity contribution in [2.45, 2.75) is 25.6 Å². The second-order valence-corrected chi connectivity index (χ2v) is 4.24. The predicted molar refractivity (Wildman–Crippen MR) is 60.7 cm³/mol. The summed E-state index contributed by atoms with van der Waals surface area (Å²) in [6.07, 6.45) is -3.78. The molecule has 1 unspecified atom stereocenters. The normalized spacial score (nSPS) is 14.2. The van der Waals surface area contributed by atoms with E-state index in [-0.39, 0.29) is 6.04 Å². The van der Waals surface area contributed by atoms with Crippen LogP contribution in [0.15, 0.2) is 24.3 Å². The molecule has 17 heavy (non-hydrogen) atoms. The fraction of sp³-hybridized carbons (Fsp3) is 0.333. The van der Waals surface area contributed by atoms with Crippen LogP contribution in [0.3, 0.4) is 0 Å². The van der Waals surface area contributed by atoms with Crippen molar-refractivity contribution < 1.29 is 13.2 Å². The van der Waals surface area contributed by atoms with E-state index in [1.54, 1.807) is 18.2 Å². The minimum absolute atomic E-state index is 0.0789. The number of nitrogens with one attached hydrogen (secondary N) is 1. The van der Waals surface area contributed by atoms with Crippen LogP contribution in [0.25, 0.3) is 10.9 Å². The summed E-state index contributed by atoms with van der Waals surface area (Å²) < 4.78 is 37.7. The lowest BCUT2D eigenvalue weighted by Gasteiger charge is -2.05. The highest BCUT2D eigenvalue weighted by Gasteiger charge is 2.32. The van der Waals surface area contributed by atoms with E-state index >= 15 is 0 Å². The third-order valence-corrected chi connectivity index (χ3v) is 2.60. The van der Waals surface area contributed by atoms with Crippen LogP contribution in [0.2, 0.25) is 0 Å². The molecule has 0 fully saturated rings. The minimum Gasteiger partial charge on any atom is -0.351 e. The van der Waals surface area contributed by atoms with Crippen molar-refractivity contribution in [3.63, 3.8) is 0 Å². The average molecular weight is 242 g/mol. The Kier molecular flexibility index (Phi) is 2.87. The summed E-state index contributed by atoms with van der Waals surface area (Å²) in [6, 6.07) is 6.24. The summed E-state index contributed by atoms with van der Waals surface area (Å²) in [5, 5.41) is 0.595. The van der Waals surface area contributed by atoms with Gasteiger partial charge in [0.15, 0.2) is 0 Å². The van der Waals surface area contributed by atoms with Gasteiger partial charge in [0, 0.05) is 16.9 Å². The Morgan fingerprint density at radius 1 is 1.35 bits per heavy atom. The molecule has 2 rings (SSSR count). The maximum atomic E-state index is 12.6. The molecule has 0 bridgehead atoms. The Bertz CT molecular complexity index is 526. The Labute approximate surface area is 96.6 Å². The van der Waals surface area contributed by atoms with Crippen LogP contribution in [0.1, 0.15) is 18.2 Å². The molecule has 0 saturated heterocycles. The van der Waals surface area contributed by atoms with Gasteiger partial charge in [-0.3, -0.25) is 0 Å². The van der Waals surface area contributed by atoms with Crippen LogP contribution >= 0.6 is 0 Å². The molecule has 5 heteroatoms. The predicted octanol–water partition coefficient (Wildman–Crippen LogP) is 3.08. The fourth-order valence-electron chi connectivity index (χ4n) is 1.90. The molecule has 2 nitrogen and oxygen atoms in total. The lowest BCUT2D eigenvalue weighted by atomic mass is 10.0. The molecular formula is C12H13F3N2. The molecule has 0 aliphatic rings. The van der Waals surface area contributed by atoms with Crippen molar-refractivity contribution in [1.29, 1.82) is 0 Å². The van der Waals surface area contributed by atoms with Gasteiger partial charge in [-0.25, -0.2) is 0 Å². The molecule has 0 aliphatic heterocycles. The zero-order valence-corrected chi connectivity index (χ0v) is 9.31. The summed E-state index contributed by atoms with van der Waals surface area (Å²) >= 11 is 0. The molecule has 0 saturated carbocycles. The van der Waals surface area contributed by atoms with E-state index in [4.69, 9.17) is 5.73 Å². The highest BCUT2D eigenvalue weighted by Crippen LogP contribution is 2.32. The first-order valence-electron chi connectivity index (χ1n) is 5.31. The summed E-state index contributed by atoms with van der Waals surface area (Å²) in [5.41, 5.74) is 6.29. The second-order valence-electron chi connectivity index (χ2n) is 4.24. The first-order valence-corrected chi connectivity index (χ1v) is 5.31. The third kappa shape index (κ3) is 2.44. The molecular weight excluding hydrogens is 229 g/mol. The highest BCUT2D eigenvalue weighted by molar-refractivity contribution is 5.84. The number of nitrogens with two attached hydrogens (primary N) is 1. The van der Waals surface area contributed by atoms with Gasteiger partial charge < -0.3 is 10.7 Å². The monoisotopic (exact) mass is 242 g/mol. The topological polar surface area (TPSA) is 41.8 Å². The second kappa shape index (κ2) is 4.07. The summed E-state index contributed by atoms with van der Waals surface area (Å²) in [7, 11) is 0. The van der Waals surface area contributed by atoms with Gasteiger partial charge in [0.2, 0.25) is 0 Å². The van der Waals surface area contributed by atoms with E-state index in [0.29, 0.717) is 17.3 Å². The number of benzene rings is 1. The number of hydrogen-bond donors (Lipinski definition) is 2. The molecule has 0 aliphatic carbocycles. The van der Waals surface area contributed by atoms with Crippen LogP contribution in [0, 0.1) is 0 Å². The third-order valence-electron chi connectivity index (χ3n) is 2.60. The summed E-state index contributed by atoms with van der Waals surface area (Å²) in [4.78, 5) is 2.38. The van der Waals surface area contributed by atoms with Gasteiger partial charge in [-0.1, -0.05) is 12.1 Å². The quantitative estimate of drug-likeness (QED) is 0.834. The number of aromatic amines is 1. The van der Waals surface area contributed by atoms with E-state index in [9.17, 15) is 13.2 Å². The van der Waals surface area contributed by atoms with Gasteiger partial charge in [0.1, 0.15) is 5.69 Å². The van der Waals surface area contributed by atoms with Crippen molar-refractivity contribution in [3.8, 4) is 0 Å². The highest BCUT2D eigenvalue weighted by atomic mass is 19.4. The number of hydrogen-bond acceptors (Lipinski definition) is 1. The lowest BCUT2D eigenvalue weighted by molar-refractivity contribution is -0.140. The van der Waals surface area contributed by atoms with Crippen LogP contribution in [0.5, 0.6) is 0 Å². The Balaban J connectivity index is 2.53. The van der Waals surface area contributed by atoms with Crippen LogP contribution in [-0.2, 0) is 12.6 Å². The number of halogens is 3. The van der Waals surface area contributed by atoms with Gasteiger partial charge >= 0.3 is 6.18 Å². The molecule has 1 heterocycles. The first kappa shape index (κ1) is 12.0. The van der Waals surface area contributed by atoms with E-state index in [2.05, 4.69) is 4.98 Å². The molecule has 92 valence electrons. The maximum Gasteiger partial charge on any atom is 0.431 e. The SMILES string of the molecule is CC(N)Cc1cccc2[nH]c(C(F)(F)F)cc12. The van der Waals surface area contributed by atoms with Crippen molar-refractivity contribution in [2.75, 3.05) is 0 Å². The first-order chi connectivity index (χ1) is 7.88. The largest absolute Gasteiger partial charge is 0.431 e. The van der Waals surface area contributed by atoms with E-state index in [1.165, 1.54) is 0 Å². The molecule has 1 aromatic carbocycles. The Hall–Kier alpha value is -1.49. The van der Waals surface area contributed by atoms with Crippen molar-refractivity contribution in [3.05, 3.63) is 35.5 Å². The minimum atomic E-state index is -4.34. The van der Waals surface area contributed by atoms with Crippen LogP contribution in [-0.4, -0.2) is 11.0 Å². The molecule has 0 spiro atoms. The van der Waals surface area contributed by atoms with E-state index < -0.39 is 11.9 Å². The number of H-pyrrole nitrogens is 1. The molecule has 0 radical (unpaired) electrons. The number of rotatable bonds is 2. The fourth-order valence-corrected chi connectivity index (χ4v) is 1.90. The number of fused-ring (bicyclic) bond motifs is 1. The molecule has 3 N–H and O–H groups in total. The molecule has 1 atom stereocenters. The lowest BCUT2D eigenvalue weighted by Crippen LogP contribution is -2.17. The molecule has 1 aromatic heterocycles.